The zero-order valence-corrected chi connectivity index (χ0v) is 10.2. The molecule has 0 saturated heterocycles. The quantitative estimate of drug-likeness (QED) is 0.505. The molecule has 0 aliphatic rings. The highest BCUT2D eigenvalue weighted by Gasteiger charge is 2.01. The van der Waals surface area contributed by atoms with Gasteiger partial charge >= 0.3 is 0 Å². The predicted molar refractivity (Wildman–Crippen MR) is 73.1 cm³/mol. The van der Waals surface area contributed by atoms with Crippen LogP contribution in [-0.4, -0.2) is 12.2 Å². The van der Waals surface area contributed by atoms with Gasteiger partial charge in [-0.1, -0.05) is 12.1 Å². The third kappa shape index (κ3) is 3.14. The van der Waals surface area contributed by atoms with E-state index < -0.39 is 0 Å². The Balaban J connectivity index is 2.18. The van der Waals surface area contributed by atoms with Crippen molar-refractivity contribution in [3.8, 4) is 10.4 Å². The number of hydrogen-bond donors (Lipinski definition) is 2. The van der Waals surface area contributed by atoms with Crippen LogP contribution in [0.4, 0.5) is 4.39 Å². The highest BCUT2D eigenvalue weighted by Crippen LogP contribution is 2.27. The van der Waals surface area contributed by atoms with E-state index in [1.807, 2.05) is 12.1 Å². The molecule has 92 valence electrons. The number of hydrogen-bond acceptors (Lipinski definition) is 3. The molecule has 2 aromatic rings. The number of halogens is 1. The van der Waals surface area contributed by atoms with Gasteiger partial charge in [0.15, 0.2) is 0 Å². The van der Waals surface area contributed by atoms with Gasteiger partial charge in [0.1, 0.15) is 5.82 Å². The van der Waals surface area contributed by atoms with Crippen LogP contribution in [0.3, 0.4) is 0 Å². The molecular formula is C12H11FN4S. The molecule has 4 N–H and O–H groups in total. The summed E-state index contributed by atoms with van der Waals surface area (Å²) in [5.74, 6) is -0.327. The molecule has 0 spiro atoms. The topological polar surface area (TPSA) is 76.8 Å². The lowest BCUT2D eigenvalue weighted by atomic mass is 10.2. The molecule has 0 bridgehead atoms. The molecule has 0 unspecified atom stereocenters. The maximum absolute atomic E-state index is 12.8. The van der Waals surface area contributed by atoms with E-state index >= 15 is 0 Å². The molecular weight excluding hydrogens is 251 g/mol. The Bertz CT molecular complexity index is 582. The molecule has 0 aliphatic carbocycles. The van der Waals surface area contributed by atoms with Crippen LogP contribution in [0.5, 0.6) is 0 Å². The van der Waals surface area contributed by atoms with E-state index in [0.717, 1.165) is 15.3 Å². The summed E-state index contributed by atoms with van der Waals surface area (Å²) < 4.78 is 12.8. The van der Waals surface area contributed by atoms with Crippen molar-refractivity contribution < 1.29 is 4.39 Å². The van der Waals surface area contributed by atoms with Gasteiger partial charge in [-0.05, 0) is 29.8 Å². The molecule has 0 radical (unpaired) electrons. The first-order valence-electron chi connectivity index (χ1n) is 5.13. The molecule has 1 aromatic heterocycles. The van der Waals surface area contributed by atoms with Gasteiger partial charge < -0.3 is 11.5 Å². The third-order valence-electron chi connectivity index (χ3n) is 2.11. The van der Waals surface area contributed by atoms with Crippen LogP contribution in [-0.2, 0) is 0 Å². The number of thiophene rings is 1. The van der Waals surface area contributed by atoms with Crippen LogP contribution in [0, 0.1) is 5.82 Å². The molecule has 1 aromatic carbocycles. The first kappa shape index (κ1) is 12.3. The second kappa shape index (κ2) is 5.42. The third-order valence-corrected chi connectivity index (χ3v) is 3.18. The van der Waals surface area contributed by atoms with Crippen molar-refractivity contribution in [2.45, 2.75) is 0 Å². The molecule has 1 heterocycles. The van der Waals surface area contributed by atoms with Gasteiger partial charge in [0.25, 0.3) is 0 Å². The summed E-state index contributed by atoms with van der Waals surface area (Å²) in [6, 6.07) is 10.2. The number of nitrogens with two attached hydrogens (primary N) is 2. The predicted octanol–water partition coefficient (Wildman–Crippen LogP) is 2.16. The van der Waals surface area contributed by atoms with Gasteiger partial charge in [-0.2, -0.15) is 5.10 Å². The molecule has 0 atom stereocenters. The summed E-state index contributed by atoms with van der Waals surface area (Å²) in [5, 5.41) is 7.24. The summed E-state index contributed by atoms with van der Waals surface area (Å²) in [7, 11) is 0. The van der Waals surface area contributed by atoms with Crippen LogP contribution in [0.25, 0.3) is 10.4 Å². The van der Waals surface area contributed by atoms with Gasteiger partial charge in [-0.15, -0.1) is 16.4 Å². The Morgan fingerprint density at radius 1 is 1.11 bits per heavy atom. The maximum atomic E-state index is 12.8. The monoisotopic (exact) mass is 262 g/mol. The lowest BCUT2D eigenvalue weighted by molar-refractivity contribution is 0.628. The number of nitrogens with zero attached hydrogens (tertiary/aromatic N) is 2. The minimum Gasteiger partial charge on any atom is -0.369 e. The molecule has 0 aliphatic heterocycles. The lowest BCUT2D eigenvalue weighted by Crippen LogP contribution is -2.21. The summed E-state index contributed by atoms with van der Waals surface area (Å²) in [6.07, 6.45) is 1.57. The fourth-order valence-corrected chi connectivity index (χ4v) is 2.22. The molecule has 6 heteroatoms. The van der Waals surface area contributed by atoms with Crippen molar-refractivity contribution in [2.24, 2.45) is 21.7 Å². The van der Waals surface area contributed by atoms with Gasteiger partial charge in [0.2, 0.25) is 5.96 Å². The molecule has 0 saturated carbocycles. The Kier molecular flexibility index (Phi) is 3.69. The zero-order chi connectivity index (χ0) is 13.0. The first-order chi connectivity index (χ1) is 8.65. The standard InChI is InChI=1S/C12H11FN4S/c13-9-3-1-8(2-4-9)11-6-5-10(18-11)7-16-17-12(14)15/h1-7H,(H4,14,15,17). The second-order valence-electron chi connectivity index (χ2n) is 3.48. The highest BCUT2D eigenvalue weighted by molar-refractivity contribution is 7.17. The van der Waals surface area contributed by atoms with E-state index in [0.29, 0.717) is 0 Å². The summed E-state index contributed by atoms with van der Waals surface area (Å²) in [4.78, 5) is 1.94. The number of benzene rings is 1. The molecule has 4 nitrogen and oxygen atoms in total. The Hall–Kier alpha value is -2.21. The zero-order valence-electron chi connectivity index (χ0n) is 9.38. The van der Waals surface area contributed by atoms with E-state index in [4.69, 9.17) is 11.5 Å². The van der Waals surface area contributed by atoms with Crippen LogP contribution < -0.4 is 11.5 Å². The summed E-state index contributed by atoms with van der Waals surface area (Å²) >= 11 is 1.52. The van der Waals surface area contributed by atoms with Gasteiger partial charge in [-0.3, -0.25) is 0 Å². The van der Waals surface area contributed by atoms with Crippen LogP contribution in [0.2, 0.25) is 0 Å². The maximum Gasteiger partial charge on any atom is 0.211 e. The summed E-state index contributed by atoms with van der Waals surface area (Å²) in [6.45, 7) is 0. The normalized spacial score (nSPS) is 10.7. The van der Waals surface area contributed by atoms with Crippen LogP contribution >= 0.6 is 11.3 Å². The first-order valence-corrected chi connectivity index (χ1v) is 5.94. The Morgan fingerprint density at radius 3 is 2.50 bits per heavy atom. The minimum absolute atomic E-state index is 0.0819. The largest absolute Gasteiger partial charge is 0.369 e. The van der Waals surface area contributed by atoms with Crippen molar-refractivity contribution in [3.63, 3.8) is 0 Å². The van der Waals surface area contributed by atoms with Crippen molar-refractivity contribution in [1.29, 1.82) is 0 Å². The van der Waals surface area contributed by atoms with E-state index in [9.17, 15) is 4.39 Å². The molecule has 2 rings (SSSR count). The average molecular weight is 262 g/mol. The van der Waals surface area contributed by atoms with Crippen LogP contribution in [0.15, 0.2) is 46.6 Å². The van der Waals surface area contributed by atoms with Crippen molar-refractivity contribution >= 4 is 23.5 Å². The van der Waals surface area contributed by atoms with Gasteiger partial charge in [0, 0.05) is 9.75 Å². The van der Waals surface area contributed by atoms with Gasteiger partial charge in [-0.25, -0.2) is 4.39 Å². The smallest absolute Gasteiger partial charge is 0.211 e. The minimum atomic E-state index is -0.246. The van der Waals surface area contributed by atoms with Crippen LogP contribution in [0.1, 0.15) is 4.88 Å². The van der Waals surface area contributed by atoms with Gasteiger partial charge in [0.05, 0.1) is 6.21 Å². The molecule has 0 fully saturated rings. The fraction of sp³-hybridized carbons (Fsp3) is 0. The van der Waals surface area contributed by atoms with Crippen molar-refractivity contribution in [1.82, 2.24) is 0 Å². The van der Waals surface area contributed by atoms with E-state index in [1.54, 1.807) is 18.3 Å². The average Bonchev–Trinajstić information content (AvgIpc) is 2.78. The number of rotatable bonds is 3. The highest BCUT2D eigenvalue weighted by atomic mass is 32.1. The number of guanidine groups is 1. The fourth-order valence-electron chi connectivity index (χ4n) is 1.34. The SMILES string of the molecule is NC(N)=NN=Cc1ccc(-c2ccc(F)cc2)s1. The van der Waals surface area contributed by atoms with E-state index in [-0.39, 0.29) is 11.8 Å². The van der Waals surface area contributed by atoms with Crippen molar-refractivity contribution in [2.75, 3.05) is 0 Å². The van der Waals surface area contributed by atoms with E-state index in [1.165, 1.54) is 23.5 Å². The van der Waals surface area contributed by atoms with E-state index in [2.05, 4.69) is 10.2 Å². The molecule has 18 heavy (non-hydrogen) atoms. The summed E-state index contributed by atoms with van der Waals surface area (Å²) in [5.41, 5.74) is 11.3. The second-order valence-corrected chi connectivity index (χ2v) is 4.59. The van der Waals surface area contributed by atoms with Crippen molar-refractivity contribution in [3.05, 3.63) is 47.1 Å². The lowest BCUT2D eigenvalue weighted by Gasteiger charge is -1.95. The Labute approximate surface area is 107 Å². The Morgan fingerprint density at radius 2 is 1.83 bits per heavy atom. The molecule has 0 amide bonds.